The van der Waals surface area contributed by atoms with Gasteiger partial charge in [-0.25, -0.2) is 9.18 Å². The third kappa shape index (κ3) is 5.99. The first kappa shape index (κ1) is 17.2. The van der Waals surface area contributed by atoms with E-state index in [0.717, 1.165) is 0 Å². The first-order valence-corrected chi connectivity index (χ1v) is 6.69. The van der Waals surface area contributed by atoms with Crippen LogP contribution in [0.25, 0.3) is 0 Å². The summed E-state index contributed by atoms with van der Waals surface area (Å²) in [5.41, 5.74) is 5.02. The van der Waals surface area contributed by atoms with E-state index in [1.54, 1.807) is 26.8 Å². The molecule has 0 aliphatic carbocycles. The smallest absolute Gasteiger partial charge is 0.408 e. The van der Waals surface area contributed by atoms with Crippen molar-refractivity contribution in [2.45, 2.75) is 38.8 Å². The van der Waals surface area contributed by atoms with Crippen LogP contribution in [0.15, 0.2) is 18.2 Å². The molecule has 0 saturated carbocycles. The molecule has 1 aromatic rings. The van der Waals surface area contributed by atoms with Crippen molar-refractivity contribution in [1.82, 2.24) is 5.32 Å². The van der Waals surface area contributed by atoms with E-state index < -0.39 is 29.5 Å². The molecular formula is C14H18ClFN2O3. The summed E-state index contributed by atoms with van der Waals surface area (Å²) in [7, 11) is 0. The Kier molecular flexibility index (Phi) is 5.54. The van der Waals surface area contributed by atoms with Crippen LogP contribution < -0.4 is 11.1 Å². The van der Waals surface area contributed by atoms with Crippen LogP contribution in [0.4, 0.5) is 9.18 Å². The summed E-state index contributed by atoms with van der Waals surface area (Å²) in [5.74, 6) is -1.34. The highest BCUT2D eigenvalue weighted by Gasteiger charge is 2.23. The summed E-state index contributed by atoms with van der Waals surface area (Å²) in [4.78, 5) is 23.0. The van der Waals surface area contributed by atoms with Gasteiger partial charge in [-0.15, -0.1) is 0 Å². The van der Waals surface area contributed by atoms with Crippen molar-refractivity contribution in [3.8, 4) is 0 Å². The van der Waals surface area contributed by atoms with Crippen LogP contribution in [0.2, 0.25) is 5.02 Å². The molecule has 0 spiro atoms. The fourth-order valence-electron chi connectivity index (χ4n) is 1.57. The fourth-order valence-corrected chi connectivity index (χ4v) is 1.69. The van der Waals surface area contributed by atoms with Gasteiger partial charge in [0, 0.05) is 6.42 Å². The molecule has 0 bridgehead atoms. The van der Waals surface area contributed by atoms with Gasteiger partial charge in [0.15, 0.2) is 0 Å². The van der Waals surface area contributed by atoms with Gasteiger partial charge >= 0.3 is 6.09 Å². The minimum Gasteiger partial charge on any atom is -0.444 e. The van der Waals surface area contributed by atoms with Crippen LogP contribution in [0.3, 0.4) is 0 Å². The van der Waals surface area contributed by atoms with Gasteiger partial charge in [0.05, 0.1) is 5.02 Å². The van der Waals surface area contributed by atoms with Crippen molar-refractivity contribution < 1.29 is 18.7 Å². The monoisotopic (exact) mass is 316 g/mol. The van der Waals surface area contributed by atoms with Crippen molar-refractivity contribution in [3.63, 3.8) is 0 Å². The van der Waals surface area contributed by atoms with Crippen molar-refractivity contribution in [2.24, 2.45) is 5.73 Å². The summed E-state index contributed by atoms with van der Waals surface area (Å²) < 4.78 is 18.4. The standard InChI is InChI=1S/C14H18ClFN2O3/c1-14(2,3)21-13(20)18-11(12(17)19)7-8-4-5-9(15)10(16)6-8/h4-6,11H,7H2,1-3H3,(H2,17,19)(H,18,20)/t11-/m0/s1. The average Bonchev–Trinajstić information content (AvgIpc) is 2.30. The lowest BCUT2D eigenvalue weighted by Crippen LogP contribution is -2.47. The van der Waals surface area contributed by atoms with E-state index in [1.165, 1.54) is 12.1 Å². The van der Waals surface area contributed by atoms with Gasteiger partial charge in [-0.2, -0.15) is 0 Å². The topological polar surface area (TPSA) is 81.4 Å². The highest BCUT2D eigenvalue weighted by molar-refractivity contribution is 6.30. The quantitative estimate of drug-likeness (QED) is 0.895. The number of amides is 2. The summed E-state index contributed by atoms with van der Waals surface area (Å²) >= 11 is 5.58. The zero-order chi connectivity index (χ0) is 16.2. The van der Waals surface area contributed by atoms with E-state index in [0.29, 0.717) is 5.56 Å². The molecular weight excluding hydrogens is 299 g/mol. The molecule has 0 aliphatic heterocycles. The lowest BCUT2D eigenvalue weighted by molar-refractivity contribution is -0.120. The molecule has 0 heterocycles. The third-order valence-corrected chi connectivity index (χ3v) is 2.76. The Labute approximate surface area is 127 Å². The first-order valence-electron chi connectivity index (χ1n) is 6.31. The number of carbonyl (C=O) groups excluding carboxylic acids is 2. The van der Waals surface area contributed by atoms with E-state index in [2.05, 4.69) is 5.32 Å². The number of benzene rings is 1. The maximum Gasteiger partial charge on any atom is 0.408 e. The van der Waals surface area contributed by atoms with E-state index in [1.807, 2.05) is 0 Å². The molecule has 0 aliphatic rings. The zero-order valence-electron chi connectivity index (χ0n) is 12.1. The van der Waals surface area contributed by atoms with Crippen LogP contribution in [0.1, 0.15) is 26.3 Å². The van der Waals surface area contributed by atoms with Crippen molar-refractivity contribution in [2.75, 3.05) is 0 Å². The Balaban J connectivity index is 2.76. The molecule has 0 saturated heterocycles. The van der Waals surface area contributed by atoms with Gasteiger partial charge in [0.25, 0.3) is 0 Å². The predicted molar refractivity (Wildman–Crippen MR) is 77.5 cm³/mol. The average molecular weight is 317 g/mol. The maximum atomic E-state index is 13.4. The Morgan fingerprint density at radius 2 is 2.05 bits per heavy atom. The molecule has 21 heavy (non-hydrogen) atoms. The minimum absolute atomic E-state index is 0.0190. The minimum atomic E-state index is -1.000. The molecule has 1 rings (SSSR count). The van der Waals surface area contributed by atoms with E-state index in [9.17, 15) is 14.0 Å². The van der Waals surface area contributed by atoms with E-state index in [-0.39, 0.29) is 11.4 Å². The van der Waals surface area contributed by atoms with E-state index in [4.69, 9.17) is 22.1 Å². The molecule has 1 aromatic carbocycles. The van der Waals surface area contributed by atoms with Gasteiger partial charge in [-0.1, -0.05) is 17.7 Å². The summed E-state index contributed by atoms with van der Waals surface area (Å²) in [6, 6.07) is 3.12. The number of rotatable bonds is 4. The van der Waals surface area contributed by atoms with Gasteiger partial charge in [-0.05, 0) is 38.5 Å². The zero-order valence-corrected chi connectivity index (χ0v) is 12.8. The molecule has 0 fully saturated rings. The second kappa shape index (κ2) is 6.76. The molecule has 5 nitrogen and oxygen atoms in total. The number of nitrogens with one attached hydrogen (secondary N) is 1. The fraction of sp³-hybridized carbons (Fsp3) is 0.429. The van der Waals surface area contributed by atoms with Crippen LogP contribution in [0, 0.1) is 5.82 Å². The number of hydrogen-bond donors (Lipinski definition) is 2. The highest BCUT2D eigenvalue weighted by Crippen LogP contribution is 2.16. The van der Waals surface area contributed by atoms with Gasteiger partial charge in [0.2, 0.25) is 5.91 Å². The molecule has 0 aromatic heterocycles. The molecule has 0 radical (unpaired) electrons. The van der Waals surface area contributed by atoms with E-state index >= 15 is 0 Å². The third-order valence-electron chi connectivity index (χ3n) is 2.46. The Hall–Kier alpha value is -1.82. The lowest BCUT2D eigenvalue weighted by Gasteiger charge is -2.22. The molecule has 116 valence electrons. The molecule has 0 unspecified atom stereocenters. The number of carbonyl (C=O) groups is 2. The van der Waals surface area contributed by atoms with Crippen LogP contribution >= 0.6 is 11.6 Å². The van der Waals surface area contributed by atoms with Crippen LogP contribution in [-0.2, 0) is 16.0 Å². The Morgan fingerprint density at radius 3 is 2.52 bits per heavy atom. The highest BCUT2D eigenvalue weighted by atomic mass is 35.5. The number of ether oxygens (including phenoxy) is 1. The van der Waals surface area contributed by atoms with Crippen LogP contribution in [-0.4, -0.2) is 23.6 Å². The summed E-state index contributed by atoms with van der Waals surface area (Å²) in [5, 5.41) is 2.35. The normalized spacial score (nSPS) is 12.6. The van der Waals surface area contributed by atoms with Crippen LogP contribution in [0.5, 0.6) is 0 Å². The largest absolute Gasteiger partial charge is 0.444 e. The Morgan fingerprint density at radius 1 is 1.43 bits per heavy atom. The second-order valence-electron chi connectivity index (χ2n) is 5.55. The lowest BCUT2D eigenvalue weighted by atomic mass is 10.1. The van der Waals surface area contributed by atoms with Crippen molar-refractivity contribution in [3.05, 3.63) is 34.6 Å². The van der Waals surface area contributed by atoms with Gasteiger partial charge in [-0.3, -0.25) is 4.79 Å². The summed E-state index contributed by atoms with van der Waals surface area (Å²) in [6.07, 6.45) is -0.719. The summed E-state index contributed by atoms with van der Waals surface area (Å²) in [6.45, 7) is 5.08. The first-order chi connectivity index (χ1) is 9.58. The number of nitrogens with two attached hydrogens (primary N) is 1. The number of halogens is 2. The Bertz CT molecular complexity index is 544. The SMILES string of the molecule is CC(C)(C)OC(=O)N[C@@H](Cc1ccc(Cl)c(F)c1)C(N)=O. The number of alkyl carbamates (subject to hydrolysis) is 1. The van der Waals surface area contributed by atoms with Gasteiger partial charge < -0.3 is 15.8 Å². The molecule has 7 heteroatoms. The second-order valence-corrected chi connectivity index (χ2v) is 5.96. The maximum absolute atomic E-state index is 13.4. The molecule has 1 atom stereocenters. The number of hydrogen-bond acceptors (Lipinski definition) is 3. The predicted octanol–water partition coefficient (Wildman–Crippen LogP) is 2.40. The molecule has 2 amide bonds. The van der Waals surface area contributed by atoms with Gasteiger partial charge in [0.1, 0.15) is 17.5 Å². The van der Waals surface area contributed by atoms with Crippen molar-refractivity contribution in [1.29, 1.82) is 0 Å². The van der Waals surface area contributed by atoms with Crippen molar-refractivity contribution >= 4 is 23.6 Å². The number of primary amides is 1. The molecule has 3 N–H and O–H groups in total.